The van der Waals surface area contributed by atoms with Gasteiger partial charge in [-0.15, -0.1) is 0 Å². The number of benzene rings is 1. The summed E-state index contributed by atoms with van der Waals surface area (Å²) in [5.74, 6) is -0.319. The van der Waals surface area contributed by atoms with Gasteiger partial charge in [0.15, 0.2) is 0 Å². The molecule has 0 atom stereocenters. The number of nitrogens with zero attached hydrogens (tertiary/aromatic N) is 1. The lowest BCUT2D eigenvalue weighted by Crippen LogP contribution is -2.05. The van der Waals surface area contributed by atoms with Crippen LogP contribution in [-0.4, -0.2) is 29.9 Å². The minimum atomic E-state index is -0.957. The molecule has 0 spiro atoms. The number of fused-ring (bicyclic) bond motifs is 1. The largest absolute Gasteiger partial charge is 0.497 e. The fourth-order valence-electron chi connectivity index (χ4n) is 2.15. The molecule has 0 saturated carbocycles. The maximum Gasteiger partial charge on any atom is 0.338 e. The summed E-state index contributed by atoms with van der Waals surface area (Å²) in [6.07, 6.45) is 0. The number of hydrogen-bond donors (Lipinski definition) is 1. The molecule has 5 nitrogen and oxygen atoms in total. The number of carbonyl (C=O) groups is 1. The number of hydrogen-bond acceptors (Lipinski definition) is 3. The van der Waals surface area contributed by atoms with Gasteiger partial charge in [-0.3, -0.25) is 0 Å². The Bertz CT molecular complexity index is 601. The third kappa shape index (κ3) is 1.82. The lowest BCUT2D eigenvalue weighted by molar-refractivity contribution is 0.0693. The van der Waals surface area contributed by atoms with Crippen molar-refractivity contribution in [2.75, 3.05) is 14.2 Å². The third-order valence-corrected chi connectivity index (χ3v) is 3.02. The van der Waals surface area contributed by atoms with Gasteiger partial charge in [-0.05, 0) is 18.2 Å². The van der Waals surface area contributed by atoms with Crippen molar-refractivity contribution in [2.45, 2.75) is 6.61 Å². The van der Waals surface area contributed by atoms with E-state index in [0.29, 0.717) is 16.8 Å². The van der Waals surface area contributed by atoms with Crippen LogP contribution in [0.4, 0.5) is 0 Å². The lowest BCUT2D eigenvalue weighted by Gasteiger charge is -2.03. The fraction of sp³-hybridized carbons (Fsp3) is 0.308. The molecule has 0 bridgehead atoms. The Morgan fingerprint density at radius 2 is 2.11 bits per heavy atom. The average Bonchev–Trinajstić information content (AvgIpc) is 2.63. The van der Waals surface area contributed by atoms with E-state index in [4.69, 9.17) is 9.47 Å². The van der Waals surface area contributed by atoms with Gasteiger partial charge in [-0.2, -0.15) is 0 Å². The first-order valence-corrected chi connectivity index (χ1v) is 5.47. The van der Waals surface area contributed by atoms with Crippen LogP contribution in [-0.2, 0) is 18.4 Å². The summed E-state index contributed by atoms with van der Waals surface area (Å²) in [4.78, 5) is 11.4. The first kappa shape index (κ1) is 12.4. The number of aromatic nitrogens is 1. The normalized spacial score (nSPS) is 10.8. The van der Waals surface area contributed by atoms with Crippen molar-refractivity contribution < 1.29 is 19.4 Å². The van der Waals surface area contributed by atoms with Crippen molar-refractivity contribution in [3.05, 3.63) is 29.5 Å². The minimum Gasteiger partial charge on any atom is -0.497 e. The van der Waals surface area contributed by atoms with E-state index in [2.05, 4.69) is 0 Å². The van der Waals surface area contributed by atoms with Crippen LogP contribution in [0.1, 0.15) is 16.1 Å². The minimum absolute atomic E-state index is 0.259. The van der Waals surface area contributed by atoms with Crippen molar-refractivity contribution in [2.24, 2.45) is 7.05 Å². The highest BCUT2D eigenvalue weighted by Crippen LogP contribution is 2.29. The molecular weight excluding hydrogens is 234 g/mol. The number of methoxy groups -OCH3 is 2. The van der Waals surface area contributed by atoms with Crippen molar-refractivity contribution >= 4 is 16.9 Å². The molecular formula is C13H15NO4. The molecule has 0 fully saturated rings. The highest BCUT2D eigenvalue weighted by atomic mass is 16.5. The van der Waals surface area contributed by atoms with E-state index in [9.17, 15) is 9.90 Å². The lowest BCUT2D eigenvalue weighted by atomic mass is 10.1. The molecule has 1 aromatic carbocycles. The Morgan fingerprint density at radius 1 is 1.39 bits per heavy atom. The highest BCUT2D eigenvalue weighted by Gasteiger charge is 2.20. The summed E-state index contributed by atoms with van der Waals surface area (Å²) < 4.78 is 12.0. The van der Waals surface area contributed by atoms with Crippen LogP contribution >= 0.6 is 0 Å². The molecule has 2 aromatic rings. The first-order chi connectivity index (χ1) is 8.60. The van der Waals surface area contributed by atoms with E-state index in [1.165, 1.54) is 0 Å². The quantitative estimate of drug-likeness (QED) is 0.900. The second kappa shape index (κ2) is 4.70. The molecule has 0 aliphatic carbocycles. The molecule has 0 radical (unpaired) electrons. The SMILES string of the molecule is COCc1c(C(=O)O)c2cc(OC)ccc2n1C. The second-order valence-corrected chi connectivity index (χ2v) is 4.00. The van der Waals surface area contributed by atoms with Crippen LogP contribution < -0.4 is 4.74 Å². The zero-order valence-electron chi connectivity index (χ0n) is 10.6. The Hall–Kier alpha value is -2.01. The predicted octanol–water partition coefficient (Wildman–Crippen LogP) is 2.03. The van der Waals surface area contributed by atoms with E-state index in [1.54, 1.807) is 20.3 Å². The Labute approximate surface area is 105 Å². The van der Waals surface area contributed by atoms with E-state index >= 15 is 0 Å². The van der Waals surface area contributed by atoms with Gasteiger partial charge in [-0.25, -0.2) is 4.79 Å². The van der Waals surface area contributed by atoms with Crippen molar-refractivity contribution in [1.29, 1.82) is 0 Å². The highest BCUT2D eigenvalue weighted by molar-refractivity contribution is 6.05. The van der Waals surface area contributed by atoms with E-state index in [1.807, 2.05) is 23.7 Å². The van der Waals surface area contributed by atoms with Gasteiger partial charge >= 0.3 is 5.97 Å². The topological polar surface area (TPSA) is 60.7 Å². The second-order valence-electron chi connectivity index (χ2n) is 4.00. The van der Waals surface area contributed by atoms with Crippen molar-refractivity contribution in [3.8, 4) is 5.75 Å². The zero-order chi connectivity index (χ0) is 13.3. The Morgan fingerprint density at radius 3 is 2.67 bits per heavy atom. The van der Waals surface area contributed by atoms with Crippen LogP contribution in [0.5, 0.6) is 5.75 Å². The summed E-state index contributed by atoms with van der Waals surface area (Å²) in [6, 6.07) is 5.39. The van der Waals surface area contributed by atoms with Gasteiger partial charge < -0.3 is 19.1 Å². The molecule has 96 valence electrons. The summed E-state index contributed by atoms with van der Waals surface area (Å²) in [5, 5.41) is 10.0. The number of carboxylic acid groups (broad SMARTS) is 1. The summed E-state index contributed by atoms with van der Waals surface area (Å²) in [5.41, 5.74) is 1.77. The van der Waals surface area contributed by atoms with Gasteiger partial charge in [0, 0.05) is 25.1 Å². The zero-order valence-corrected chi connectivity index (χ0v) is 10.6. The van der Waals surface area contributed by atoms with Gasteiger partial charge in [0.2, 0.25) is 0 Å². The van der Waals surface area contributed by atoms with Gasteiger partial charge in [-0.1, -0.05) is 0 Å². The van der Waals surface area contributed by atoms with Crippen LogP contribution in [0.2, 0.25) is 0 Å². The summed E-state index contributed by atoms with van der Waals surface area (Å²) in [7, 11) is 4.93. The maximum atomic E-state index is 11.4. The number of aryl methyl sites for hydroxylation is 1. The number of rotatable bonds is 4. The van der Waals surface area contributed by atoms with Crippen LogP contribution in [0.25, 0.3) is 10.9 Å². The Balaban J connectivity index is 2.79. The number of carboxylic acids is 1. The van der Waals surface area contributed by atoms with Gasteiger partial charge in [0.05, 0.1) is 25.0 Å². The molecule has 18 heavy (non-hydrogen) atoms. The summed E-state index contributed by atoms with van der Waals surface area (Å²) >= 11 is 0. The number of aromatic carboxylic acids is 1. The molecule has 1 aromatic heterocycles. The van der Waals surface area contributed by atoms with Gasteiger partial charge in [0.25, 0.3) is 0 Å². The first-order valence-electron chi connectivity index (χ1n) is 5.47. The molecule has 0 amide bonds. The van der Waals surface area contributed by atoms with Crippen molar-refractivity contribution in [1.82, 2.24) is 4.57 Å². The molecule has 1 heterocycles. The van der Waals surface area contributed by atoms with E-state index in [-0.39, 0.29) is 12.2 Å². The van der Waals surface area contributed by atoms with E-state index < -0.39 is 5.97 Å². The van der Waals surface area contributed by atoms with Crippen LogP contribution in [0.3, 0.4) is 0 Å². The standard InChI is InChI=1S/C13H15NO4/c1-14-10-5-4-8(18-3)6-9(10)12(13(15)16)11(14)7-17-2/h4-6H,7H2,1-3H3,(H,15,16). The average molecular weight is 249 g/mol. The van der Waals surface area contributed by atoms with Crippen LogP contribution in [0, 0.1) is 0 Å². The summed E-state index contributed by atoms with van der Waals surface area (Å²) in [6.45, 7) is 0.259. The monoisotopic (exact) mass is 249 g/mol. The van der Waals surface area contributed by atoms with Crippen LogP contribution in [0.15, 0.2) is 18.2 Å². The molecule has 2 rings (SSSR count). The molecule has 0 unspecified atom stereocenters. The molecule has 5 heteroatoms. The van der Waals surface area contributed by atoms with Gasteiger partial charge in [0.1, 0.15) is 5.75 Å². The third-order valence-electron chi connectivity index (χ3n) is 3.02. The molecule has 0 aliphatic rings. The fourth-order valence-corrected chi connectivity index (χ4v) is 2.15. The molecule has 0 aliphatic heterocycles. The van der Waals surface area contributed by atoms with E-state index in [0.717, 1.165) is 5.52 Å². The smallest absolute Gasteiger partial charge is 0.338 e. The number of ether oxygens (including phenoxy) is 2. The molecule has 0 saturated heterocycles. The maximum absolute atomic E-state index is 11.4. The predicted molar refractivity (Wildman–Crippen MR) is 67.1 cm³/mol. The Kier molecular flexibility index (Phi) is 3.25. The van der Waals surface area contributed by atoms with Crippen molar-refractivity contribution in [3.63, 3.8) is 0 Å². The molecule has 1 N–H and O–H groups in total.